The summed E-state index contributed by atoms with van der Waals surface area (Å²) >= 11 is 2.81. The Morgan fingerprint density at radius 2 is 2.09 bits per heavy atom. The van der Waals surface area contributed by atoms with E-state index in [0.717, 1.165) is 31.7 Å². The van der Waals surface area contributed by atoms with Crippen LogP contribution < -0.4 is 9.60 Å². The van der Waals surface area contributed by atoms with Crippen molar-refractivity contribution in [1.29, 1.82) is 0 Å². The highest BCUT2D eigenvalue weighted by molar-refractivity contribution is 8.00. The third-order valence-electron chi connectivity index (χ3n) is 3.69. The minimum absolute atomic E-state index is 0.0650. The SMILES string of the molecule is Cn1c(=O)sc2cc(SNc3cccc4ncccc34)ccc21. The Labute approximate surface area is 140 Å². The molecule has 0 unspecified atom stereocenters. The van der Waals surface area contributed by atoms with Crippen LogP contribution in [0.1, 0.15) is 0 Å². The van der Waals surface area contributed by atoms with Crippen LogP contribution in [0.3, 0.4) is 0 Å². The molecule has 1 N–H and O–H groups in total. The number of pyridine rings is 1. The molecular formula is C17H13N3OS2. The molecule has 0 bridgehead atoms. The monoisotopic (exact) mass is 339 g/mol. The van der Waals surface area contributed by atoms with E-state index in [2.05, 4.69) is 15.8 Å². The molecule has 114 valence electrons. The Morgan fingerprint density at radius 1 is 1.17 bits per heavy atom. The average Bonchev–Trinajstić information content (AvgIpc) is 2.87. The smallest absolute Gasteiger partial charge is 0.307 e. The van der Waals surface area contributed by atoms with Gasteiger partial charge in [0, 0.05) is 23.5 Å². The molecule has 4 aromatic rings. The van der Waals surface area contributed by atoms with Crippen LogP contribution in [0, 0.1) is 0 Å². The van der Waals surface area contributed by atoms with Crippen LogP contribution in [0.15, 0.2) is 64.4 Å². The van der Waals surface area contributed by atoms with Gasteiger partial charge in [0.15, 0.2) is 0 Å². The van der Waals surface area contributed by atoms with Crippen molar-refractivity contribution in [2.45, 2.75) is 4.90 Å². The van der Waals surface area contributed by atoms with Gasteiger partial charge in [0.05, 0.1) is 21.4 Å². The van der Waals surface area contributed by atoms with E-state index in [1.54, 1.807) is 17.8 Å². The molecule has 0 fully saturated rings. The third-order valence-corrected chi connectivity index (χ3v) is 5.50. The summed E-state index contributed by atoms with van der Waals surface area (Å²) in [6.45, 7) is 0. The zero-order chi connectivity index (χ0) is 15.8. The summed E-state index contributed by atoms with van der Waals surface area (Å²) in [5.41, 5.74) is 2.97. The zero-order valence-corrected chi connectivity index (χ0v) is 13.9. The van der Waals surface area contributed by atoms with Gasteiger partial charge in [-0.1, -0.05) is 17.4 Å². The fourth-order valence-corrected chi connectivity index (χ4v) is 4.20. The summed E-state index contributed by atoms with van der Waals surface area (Å²) in [6.07, 6.45) is 1.80. The van der Waals surface area contributed by atoms with Gasteiger partial charge >= 0.3 is 4.87 Å². The standard InChI is InChI=1S/C17H13N3OS2/c1-20-15-8-7-11(10-16(15)22-17(20)21)23-19-14-6-2-5-13-12(14)4-3-9-18-13/h2-10,19H,1H3. The molecule has 4 rings (SSSR count). The summed E-state index contributed by atoms with van der Waals surface area (Å²) in [7, 11) is 1.80. The maximum absolute atomic E-state index is 11.7. The quantitative estimate of drug-likeness (QED) is 0.566. The Bertz CT molecular complexity index is 1060. The number of aryl methyl sites for hydroxylation is 1. The second-order valence-electron chi connectivity index (χ2n) is 5.14. The topological polar surface area (TPSA) is 46.9 Å². The lowest BCUT2D eigenvalue weighted by Crippen LogP contribution is -2.06. The minimum Gasteiger partial charge on any atom is -0.325 e. The van der Waals surface area contributed by atoms with Gasteiger partial charge in [-0.05, 0) is 54.4 Å². The molecule has 2 aromatic carbocycles. The summed E-state index contributed by atoms with van der Waals surface area (Å²) in [4.78, 5) is 17.2. The molecule has 6 heteroatoms. The number of fused-ring (bicyclic) bond motifs is 2. The summed E-state index contributed by atoms with van der Waals surface area (Å²) < 4.78 is 6.07. The van der Waals surface area contributed by atoms with Gasteiger partial charge in [-0.2, -0.15) is 0 Å². The maximum atomic E-state index is 11.7. The molecule has 2 aromatic heterocycles. The van der Waals surface area contributed by atoms with Gasteiger partial charge in [-0.25, -0.2) is 0 Å². The van der Waals surface area contributed by atoms with Crippen LogP contribution in [0.4, 0.5) is 5.69 Å². The number of nitrogens with zero attached hydrogens (tertiary/aromatic N) is 2. The van der Waals surface area contributed by atoms with Crippen LogP contribution in [0.25, 0.3) is 21.1 Å². The molecule has 23 heavy (non-hydrogen) atoms. The molecule has 0 amide bonds. The normalized spacial score (nSPS) is 11.2. The molecule has 0 saturated carbocycles. The van der Waals surface area contributed by atoms with Crippen LogP contribution >= 0.6 is 23.3 Å². The lowest BCUT2D eigenvalue weighted by atomic mass is 10.2. The number of anilines is 1. The average molecular weight is 339 g/mol. The first-order chi connectivity index (χ1) is 11.2. The maximum Gasteiger partial charge on any atom is 0.307 e. The van der Waals surface area contributed by atoms with E-state index in [4.69, 9.17) is 0 Å². The molecule has 0 aliphatic rings. The first-order valence-corrected chi connectivity index (χ1v) is 8.72. The third kappa shape index (κ3) is 2.60. The van der Waals surface area contributed by atoms with Crippen molar-refractivity contribution in [3.63, 3.8) is 0 Å². The van der Waals surface area contributed by atoms with Gasteiger partial charge in [-0.15, -0.1) is 0 Å². The molecule has 0 atom stereocenters. The van der Waals surface area contributed by atoms with Crippen LogP contribution in [-0.4, -0.2) is 9.55 Å². The molecule has 0 aliphatic heterocycles. The number of thiazole rings is 1. The number of hydrogen-bond acceptors (Lipinski definition) is 5. The number of rotatable bonds is 3. The summed E-state index contributed by atoms with van der Waals surface area (Å²) in [5, 5.41) is 1.09. The number of aromatic nitrogens is 2. The first-order valence-electron chi connectivity index (χ1n) is 7.08. The van der Waals surface area contributed by atoms with Crippen molar-refractivity contribution in [2.24, 2.45) is 7.05 Å². The number of nitrogens with one attached hydrogen (secondary N) is 1. The van der Waals surface area contributed by atoms with Gasteiger partial charge < -0.3 is 9.29 Å². The van der Waals surface area contributed by atoms with Crippen molar-refractivity contribution in [3.05, 3.63) is 64.4 Å². The number of benzene rings is 2. The molecule has 0 radical (unpaired) electrons. The molecule has 0 aliphatic carbocycles. The highest BCUT2D eigenvalue weighted by Gasteiger charge is 2.06. The molecular weight excluding hydrogens is 326 g/mol. The Kier molecular flexibility index (Phi) is 3.55. The lowest BCUT2D eigenvalue weighted by molar-refractivity contribution is 0.938. The van der Waals surface area contributed by atoms with Crippen molar-refractivity contribution in [2.75, 3.05) is 4.72 Å². The Balaban J connectivity index is 1.64. The molecule has 0 spiro atoms. The number of hydrogen-bond donors (Lipinski definition) is 1. The predicted octanol–water partition coefficient (Wildman–Crippen LogP) is 4.27. The highest BCUT2D eigenvalue weighted by atomic mass is 32.2. The highest BCUT2D eigenvalue weighted by Crippen LogP contribution is 2.29. The van der Waals surface area contributed by atoms with E-state index < -0.39 is 0 Å². The summed E-state index contributed by atoms with van der Waals surface area (Å²) in [6, 6.07) is 16.1. The fraction of sp³-hybridized carbons (Fsp3) is 0.0588. The van der Waals surface area contributed by atoms with E-state index in [1.807, 2.05) is 42.5 Å². The second kappa shape index (κ2) is 5.72. The molecule has 4 nitrogen and oxygen atoms in total. The van der Waals surface area contributed by atoms with Crippen molar-refractivity contribution >= 4 is 50.1 Å². The van der Waals surface area contributed by atoms with E-state index in [0.29, 0.717) is 0 Å². The fourth-order valence-electron chi connectivity index (χ4n) is 2.48. The molecule has 2 heterocycles. The van der Waals surface area contributed by atoms with E-state index in [9.17, 15) is 4.79 Å². The van der Waals surface area contributed by atoms with E-state index in [1.165, 1.54) is 23.3 Å². The van der Waals surface area contributed by atoms with Gasteiger partial charge in [0.25, 0.3) is 0 Å². The lowest BCUT2D eigenvalue weighted by Gasteiger charge is -2.08. The van der Waals surface area contributed by atoms with E-state index >= 15 is 0 Å². The van der Waals surface area contributed by atoms with Crippen molar-refractivity contribution < 1.29 is 0 Å². The second-order valence-corrected chi connectivity index (χ2v) is 7.01. The van der Waals surface area contributed by atoms with Crippen LogP contribution in [0.5, 0.6) is 0 Å². The van der Waals surface area contributed by atoms with Gasteiger partial charge in [0.2, 0.25) is 0 Å². The Hall–Kier alpha value is -2.31. The van der Waals surface area contributed by atoms with Gasteiger partial charge in [-0.3, -0.25) is 9.78 Å². The van der Waals surface area contributed by atoms with Crippen LogP contribution in [-0.2, 0) is 7.05 Å². The zero-order valence-electron chi connectivity index (χ0n) is 12.3. The van der Waals surface area contributed by atoms with E-state index in [-0.39, 0.29) is 4.87 Å². The predicted molar refractivity (Wildman–Crippen MR) is 98.3 cm³/mol. The van der Waals surface area contributed by atoms with Crippen molar-refractivity contribution in [3.8, 4) is 0 Å². The Morgan fingerprint density at radius 3 is 3.00 bits per heavy atom. The van der Waals surface area contributed by atoms with Crippen molar-refractivity contribution in [1.82, 2.24) is 9.55 Å². The minimum atomic E-state index is 0.0650. The largest absolute Gasteiger partial charge is 0.325 e. The molecule has 0 saturated heterocycles. The summed E-state index contributed by atoms with van der Waals surface area (Å²) in [5.74, 6) is 0. The van der Waals surface area contributed by atoms with Gasteiger partial charge in [0.1, 0.15) is 0 Å². The van der Waals surface area contributed by atoms with Crippen LogP contribution in [0.2, 0.25) is 0 Å². The first kappa shape index (κ1) is 14.3.